The number of hydrogen-bond acceptors (Lipinski definition) is 4. The Hall–Kier alpha value is -2.73. The summed E-state index contributed by atoms with van der Waals surface area (Å²) in [5.74, 6) is -1.29. The third-order valence-corrected chi connectivity index (χ3v) is 3.70. The van der Waals surface area contributed by atoms with E-state index in [9.17, 15) is 9.59 Å². The first kappa shape index (κ1) is 15.2. The van der Waals surface area contributed by atoms with Crippen LogP contribution in [0.2, 0.25) is 0 Å². The first-order valence-electron chi connectivity index (χ1n) is 6.65. The van der Waals surface area contributed by atoms with Crippen molar-refractivity contribution in [3.8, 4) is 0 Å². The maximum atomic E-state index is 11.9. The van der Waals surface area contributed by atoms with Crippen molar-refractivity contribution in [1.29, 1.82) is 0 Å². The SMILES string of the molecule is O=C1OC(c2ccc(Br)cc2)=NC1=Cc1ccc(C(=O)O)cc1. The standard InChI is InChI=1S/C17H10BrNO4/c18-13-7-5-11(6-8-13)15-19-14(17(22)23-15)9-10-1-3-12(4-2-10)16(20)21/h1-9H,(H,20,21). The van der Waals surface area contributed by atoms with Gasteiger partial charge >= 0.3 is 11.9 Å². The second-order valence-electron chi connectivity index (χ2n) is 4.77. The van der Waals surface area contributed by atoms with Gasteiger partial charge in [0, 0.05) is 10.0 Å². The maximum absolute atomic E-state index is 11.9. The summed E-state index contributed by atoms with van der Waals surface area (Å²) in [7, 11) is 0. The molecule has 0 saturated heterocycles. The molecule has 114 valence electrons. The van der Waals surface area contributed by atoms with Gasteiger partial charge in [-0.2, -0.15) is 0 Å². The average Bonchev–Trinajstić information content (AvgIpc) is 2.89. The molecule has 5 nitrogen and oxygen atoms in total. The highest BCUT2D eigenvalue weighted by Crippen LogP contribution is 2.20. The minimum atomic E-state index is -1.000. The predicted molar refractivity (Wildman–Crippen MR) is 88.1 cm³/mol. The summed E-state index contributed by atoms with van der Waals surface area (Å²) < 4.78 is 6.08. The van der Waals surface area contributed by atoms with Crippen molar-refractivity contribution >= 4 is 39.8 Å². The minimum Gasteiger partial charge on any atom is -0.478 e. The number of hydrogen-bond donors (Lipinski definition) is 1. The molecule has 0 atom stereocenters. The van der Waals surface area contributed by atoms with Gasteiger partial charge in [-0.05, 0) is 48.0 Å². The molecular formula is C17H10BrNO4. The molecule has 0 aliphatic carbocycles. The van der Waals surface area contributed by atoms with Crippen LogP contribution in [0, 0.1) is 0 Å². The summed E-state index contributed by atoms with van der Waals surface area (Å²) in [4.78, 5) is 26.9. The molecule has 2 aromatic carbocycles. The number of carboxylic acids is 1. The van der Waals surface area contributed by atoms with E-state index in [4.69, 9.17) is 9.84 Å². The van der Waals surface area contributed by atoms with Crippen molar-refractivity contribution in [1.82, 2.24) is 0 Å². The lowest BCUT2D eigenvalue weighted by Gasteiger charge is -1.98. The fourth-order valence-corrected chi connectivity index (χ4v) is 2.27. The Balaban J connectivity index is 1.88. The number of rotatable bonds is 3. The zero-order chi connectivity index (χ0) is 16.4. The van der Waals surface area contributed by atoms with E-state index in [1.165, 1.54) is 12.1 Å². The van der Waals surface area contributed by atoms with Crippen LogP contribution in [-0.2, 0) is 9.53 Å². The van der Waals surface area contributed by atoms with Crippen LogP contribution in [-0.4, -0.2) is 22.9 Å². The van der Waals surface area contributed by atoms with Gasteiger partial charge in [0.05, 0.1) is 5.56 Å². The number of benzene rings is 2. The topological polar surface area (TPSA) is 76.0 Å². The number of cyclic esters (lactones) is 1. The maximum Gasteiger partial charge on any atom is 0.363 e. The molecule has 1 heterocycles. The normalized spacial score (nSPS) is 15.4. The van der Waals surface area contributed by atoms with Crippen molar-refractivity contribution in [2.24, 2.45) is 4.99 Å². The summed E-state index contributed by atoms with van der Waals surface area (Å²) >= 11 is 3.34. The lowest BCUT2D eigenvalue weighted by atomic mass is 10.1. The Morgan fingerprint density at radius 1 is 1.09 bits per heavy atom. The molecule has 0 fully saturated rings. The molecule has 0 saturated carbocycles. The third kappa shape index (κ3) is 3.37. The zero-order valence-electron chi connectivity index (χ0n) is 11.7. The second-order valence-corrected chi connectivity index (χ2v) is 5.69. The molecule has 0 amide bonds. The second kappa shape index (κ2) is 6.18. The number of halogens is 1. The van der Waals surface area contributed by atoms with E-state index in [2.05, 4.69) is 20.9 Å². The van der Waals surface area contributed by atoms with E-state index in [1.807, 2.05) is 12.1 Å². The predicted octanol–water partition coefficient (Wildman–Crippen LogP) is 3.49. The molecule has 0 spiro atoms. The first-order chi connectivity index (χ1) is 11.0. The van der Waals surface area contributed by atoms with Gasteiger partial charge < -0.3 is 9.84 Å². The summed E-state index contributed by atoms with van der Waals surface area (Å²) in [6.45, 7) is 0. The van der Waals surface area contributed by atoms with Gasteiger partial charge in [0.1, 0.15) is 0 Å². The molecule has 0 unspecified atom stereocenters. The van der Waals surface area contributed by atoms with Crippen LogP contribution in [0.3, 0.4) is 0 Å². The fraction of sp³-hybridized carbons (Fsp3) is 0. The Kier molecular flexibility index (Phi) is 4.08. The smallest absolute Gasteiger partial charge is 0.363 e. The number of aromatic carboxylic acids is 1. The van der Waals surface area contributed by atoms with E-state index in [1.54, 1.807) is 30.3 Å². The Morgan fingerprint density at radius 2 is 1.74 bits per heavy atom. The summed E-state index contributed by atoms with van der Waals surface area (Å²) in [6.07, 6.45) is 1.56. The van der Waals surface area contributed by atoms with Crippen LogP contribution in [0.25, 0.3) is 6.08 Å². The quantitative estimate of drug-likeness (QED) is 0.661. The number of ether oxygens (including phenoxy) is 1. The van der Waals surface area contributed by atoms with Crippen LogP contribution in [0.15, 0.2) is 63.7 Å². The molecule has 1 aliphatic rings. The molecule has 0 radical (unpaired) electrons. The Morgan fingerprint density at radius 3 is 2.35 bits per heavy atom. The molecule has 1 N–H and O–H groups in total. The highest BCUT2D eigenvalue weighted by molar-refractivity contribution is 9.10. The largest absolute Gasteiger partial charge is 0.478 e. The Bertz CT molecular complexity index is 836. The number of aliphatic imine (C=N–C) groups is 1. The van der Waals surface area contributed by atoms with Gasteiger partial charge in [-0.1, -0.05) is 28.1 Å². The number of esters is 1. The number of nitrogens with zero attached hydrogens (tertiary/aromatic N) is 1. The van der Waals surface area contributed by atoms with Crippen molar-refractivity contribution < 1.29 is 19.4 Å². The molecule has 0 aromatic heterocycles. The average molecular weight is 372 g/mol. The van der Waals surface area contributed by atoms with Gasteiger partial charge in [0.15, 0.2) is 5.70 Å². The van der Waals surface area contributed by atoms with Crippen LogP contribution >= 0.6 is 15.9 Å². The van der Waals surface area contributed by atoms with E-state index >= 15 is 0 Å². The van der Waals surface area contributed by atoms with Crippen molar-refractivity contribution in [3.05, 3.63) is 75.4 Å². The minimum absolute atomic E-state index is 0.172. The molecule has 3 rings (SSSR count). The molecule has 1 aliphatic heterocycles. The van der Waals surface area contributed by atoms with Gasteiger partial charge in [-0.3, -0.25) is 0 Å². The van der Waals surface area contributed by atoms with Crippen molar-refractivity contribution in [2.45, 2.75) is 0 Å². The zero-order valence-corrected chi connectivity index (χ0v) is 13.3. The summed E-state index contributed by atoms with van der Waals surface area (Å²) in [5.41, 5.74) is 1.72. The first-order valence-corrected chi connectivity index (χ1v) is 7.44. The van der Waals surface area contributed by atoms with Crippen molar-refractivity contribution in [3.63, 3.8) is 0 Å². The van der Waals surface area contributed by atoms with Gasteiger partial charge in [-0.25, -0.2) is 14.6 Å². The number of carboxylic acid groups (broad SMARTS) is 1. The van der Waals surface area contributed by atoms with E-state index in [0.29, 0.717) is 11.1 Å². The van der Waals surface area contributed by atoms with Gasteiger partial charge in [0.2, 0.25) is 5.90 Å². The third-order valence-electron chi connectivity index (χ3n) is 3.17. The van der Waals surface area contributed by atoms with Crippen LogP contribution < -0.4 is 0 Å². The summed E-state index contributed by atoms with van der Waals surface area (Å²) in [5, 5.41) is 8.87. The lowest BCUT2D eigenvalue weighted by molar-refractivity contribution is -0.129. The molecule has 2 aromatic rings. The van der Waals surface area contributed by atoms with Crippen molar-refractivity contribution in [2.75, 3.05) is 0 Å². The highest BCUT2D eigenvalue weighted by atomic mass is 79.9. The lowest BCUT2D eigenvalue weighted by Crippen LogP contribution is -2.05. The van der Waals surface area contributed by atoms with E-state index < -0.39 is 11.9 Å². The van der Waals surface area contributed by atoms with Crippen LogP contribution in [0.4, 0.5) is 0 Å². The highest BCUT2D eigenvalue weighted by Gasteiger charge is 2.24. The number of carbonyl (C=O) groups is 2. The van der Waals surface area contributed by atoms with Gasteiger partial charge in [-0.15, -0.1) is 0 Å². The molecular weight excluding hydrogens is 362 g/mol. The molecule has 6 heteroatoms. The fourth-order valence-electron chi connectivity index (χ4n) is 2.00. The molecule has 0 bridgehead atoms. The number of carbonyl (C=O) groups excluding carboxylic acids is 1. The van der Waals surface area contributed by atoms with Gasteiger partial charge in [0.25, 0.3) is 0 Å². The Labute approximate surface area is 140 Å². The van der Waals surface area contributed by atoms with E-state index in [0.717, 1.165) is 4.47 Å². The summed E-state index contributed by atoms with van der Waals surface area (Å²) in [6, 6.07) is 13.4. The van der Waals surface area contributed by atoms with E-state index in [-0.39, 0.29) is 17.2 Å². The monoisotopic (exact) mass is 371 g/mol. The molecule has 23 heavy (non-hydrogen) atoms. The van der Waals surface area contributed by atoms with Crippen LogP contribution in [0.1, 0.15) is 21.5 Å². The van der Waals surface area contributed by atoms with Crippen LogP contribution in [0.5, 0.6) is 0 Å².